The van der Waals surface area contributed by atoms with Crippen molar-refractivity contribution in [3.05, 3.63) is 22.7 Å². The molecule has 5 heteroatoms. The Balaban J connectivity index is 1.98. The number of rotatable bonds is 9. The summed E-state index contributed by atoms with van der Waals surface area (Å²) in [5, 5.41) is 4.05. The molecule has 0 heterocycles. The standard InChI is InChI=1S/C15H22ClNO3/c1-18-6-3-7-20-15-13(16)8-11(9-14(15)19-2)10-17-12-4-5-12/h8-9,12,17H,3-7,10H2,1-2H3. The van der Waals surface area contributed by atoms with Gasteiger partial charge in [-0.15, -0.1) is 0 Å². The van der Waals surface area contributed by atoms with Crippen molar-refractivity contribution in [1.82, 2.24) is 5.32 Å². The SMILES string of the molecule is COCCCOc1c(Cl)cc(CNC2CC2)cc1OC. The average Bonchev–Trinajstić information content (AvgIpc) is 3.26. The highest BCUT2D eigenvalue weighted by molar-refractivity contribution is 6.32. The van der Waals surface area contributed by atoms with Gasteiger partial charge < -0.3 is 19.5 Å². The molecule has 4 nitrogen and oxygen atoms in total. The molecular weight excluding hydrogens is 278 g/mol. The van der Waals surface area contributed by atoms with Crippen molar-refractivity contribution in [3.8, 4) is 11.5 Å². The van der Waals surface area contributed by atoms with Gasteiger partial charge in [-0.3, -0.25) is 0 Å². The Morgan fingerprint density at radius 3 is 2.70 bits per heavy atom. The minimum absolute atomic E-state index is 0.559. The van der Waals surface area contributed by atoms with E-state index in [9.17, 15) is 0 Å². The van der Waals surface area contributed by atoms with Crippen LogP contribution in [0.5, 0.6) is 11.5 Å². The molecule has 112 valence electrons. The molecule has 1 N–H and O–H groups in total. The lowest BCUT2D eigenvalue weighted by Crippen LogP contribution is -2.15. The fraction of sp³-hybridized carbons (Fsp3) is 0.600. The highest BCUT2D eigenvalue weighted by Crippen LogP contribution is 2.36. The normalized spacial score (nSPS) is 14.3. The average molecular weight is 300 g/mol. The van der Waals surface area contributed by atoms with Crippen LogP contribution < -0.4 is 14.8 Å². The summed E-state index contributed by atoms with van der Waals surface area (Å²) in [5.41, 5.74) is 1.11. The van der Waals surface area contributed by atoms with Crippen molar-refractivity contribution in [2.24, 2.45) is 0 Å². The van der Waals surface area contributed by atoms with Gasteiger partial charge >= 0.3 is 0 Å². The number of hydrogen-bond donors (Lipinski definition) is 1. The van der Waals surface area contributed by atoms with Crippen LogP contribution in [0.1, 0.15) is 24.8 Å². The highest BCUT2D eigenvalue weighted by Gasteiger charge is 2.20. The Morgan fingerprint density at radius 1 is 1.25 bits per heavy atom. The third kappa shape index (κ3) is 4.54. The predicted octanol–water partition coefficient (Wildman–Crippen LogP) is 3.02. The number of hydrogen-bond acceptors (Lipinski definition) is 4. The van der Waals surface area contributed by atoms with E-state index in [0.717, 1.165) is 18.5 Å². The van der Waals surface area contributed by atoms with Crippen LogP contribution in [0.2, 0.25) is 5.02 Å². The lowest BCUT2D eigenvalue weighted by atomic mass is 10.2. The second kappa shape index (κ2) is 7.72. The molecule has 0 amide bonds. The molecule has 0 saturated heterocycles. The van der Waals surface area contributed by atoms with E-state index in [-0.39, 0.29) is 0 Å². The molecule has 0 aliphatic heterocycles. The third-order valence-corrected chi connectivity index (χ3v) is 3.48. The number of halogens is 1. The van der Waals surface area contributed by atoms with E-state index in [1.54, 1.807) is 14.2 Å². The molecule has 1 aliphatic carbocycles. The van der Waals surface area contributed by atoms with Gasteiger partial charge in [0.2, 0.25) is 0 Å². The van der Waals surface area contributed by atoms with E-state index >= 15 is 0 Å². The highest BCUT2D eigenvalue weighted by atomic mass is 35.5. The van der Waals surface area contributed by atoms with Crippen LogP contribution in [0.25, 0.3) is 0 Å². The molecule has 20 heavy (non-hydrogen) atoms. The number of ether oxygens (including phenoxy) is 3. The van der Waals surface area contributed by atoms with Crippen LogP contribution in [-0.2, 0) is 11.3 Å². The van der Waals surface area contributed by atoms with Gasteiger partial charge in [0.15, 0.2) is 11.5 Å². The number of methoxy groups -OCH3 is 2. The Bertz CT molecular complexity index is 435. The predicted molar refractivity (Wildman–Crippen MR) is 79.9 cm³/mol. The minimum atomic E-state index is 0.559. The Hall–Kier alpha value is -0.970. The first kappa shape index (κ1) is 15.4. The summed E-state index contributed by atoms with van der Waals surface area (Å²) in [7, 11) is 3.31. The maximum atomic E-state index is 6.29. The monoisotopic (exact) mass is 299 g/mol. The molecule has 1 aromatic rings. The third-order valence-electron chi connectivity index (χ3n) is 3.20. The first-order valence-electron chi connectivity index (χ1n) is 6.96. The first-order chi connectivity index (χ1) is 9.74. The second-order valence-electron chi connectivity index (χ2n) is 4.96. The summed E-state index contributed by atoms with van der Waals surface area (Å²) < 4.78 is 16.1. The lowest BCUT2D eigenvalue weighted by molar-refractivity contribution is 0.170. The fourth-order valence-electron chi connectivity index (χ4n) is 1.94. The fourth-order valence-corrected chi connectivity index (χ4v) is 2.23. The molecule has 0 spiro atoms. The Morgan fingerprint density at radius 2 is 2.05 bits per heavy atom. The van der Waals surface area contributed by atoms with Gasteiger partial charge in [-0.1, -0.05) is 11.6 Å². The Labute approximate surface area is 125 Å². The van der Waals surface area contributed by atoms with E-state index in [1.807, 2.05) is 12.1 Å². The van der Waals surface area contributed by atoms with Gasteiger partial charge in [-0.2, -0.15) is 0 Å². The van der Waals surface area contributed by atoms with Gasteiger partial charge in [0.1, 0.15) is 0 Å². The molecule has 0 radical (unpaired) electrons. The van der Waals surface area contributed by atoms with Crippen LogP contribution in [-0.4, -0.2) is 33.5 Å². The maximum absolute atomic E-state index is 6.29. The van der Waals surface area contributed by atoms with Gasteiger partial charge in [0, 0.05) is 32.7 Å². The molecular formula is C15H22ClNO3. The minimum Gasteiger partial charge on any atom is -0.493 e. The van der Waals surface area contributed by atoms with Crippen molar-refractivity contribution in [1.29, 1.82) is 0 Å². The lowest BCUT2D eigenvalue weighted by Gasteiger charge is -2.14. The van der Waals surface area contributed by atoms with E-state index in [0.29, 0.717) is 35.8 Å². The van der Waals surface area contributed by atoms with Crippen molar-refractivity contribution >= 4 is 11.6 Å². The molecule has 0 bridgehead atoms. The van der Waals surface area contributed by atoms with Crippen LogP contribution in [0.4, 0.5) is 0 Å². The molecule has 0 unspecified atom stereocenters. The molecule has 1 fully saturated rings. The van der Waals surface area contributed by atoms with Crippen LogP contribution in [0.3, 0.4) is 0 Å². The largest absolute Gasteiger partial charge is 0.493 e. The summed E-state index contributed by atoms with van der Waals surface area (Å²) in [6, 6.07) is 4.59. The zero-order chi connectivity index (χ0) is 14.4. The second-order valence-corrected chi connectivity index (χ2v) is 5.37. The van der Waals surface area contributed by atoms with Gasteiger partial charge in [-0.25, -0.2) is 0 Å². The van der Waals surface area contributed by atoms with Crippen molar-refractivity contribution in [2.75, 3.05) is 27.4 Å². The number of benzene rings is 1. The topological polar surface area (TPSA) is 39.7 Å². The quantitative estimate of drug-likeness (QED) is 0.712. The van der Waals surface area contributed by atoms with Crippen molar-refractivity contribution < 1.29 is 14.2 Å². The smallest absolute Gasteiger partial charge is 0.179 e. The van der Waals surface area contributed by atoms with Gasteiger partial charge in [-0.05, 0) is 30.5 Å². The molecule has 0 atom stereocenters. The Kier molecular flexibility index (Phi) is 5.95. The number of nitrogens with one attached hydrogen (secondary N) is 1. The molecule has 1 aliphatic rings. The zero-order valence-corrected chi connectivity index (χ0v) is 12.8. The molecule has 2 rings (SSSR count). The summed E-state index contributed by atoms with van der Waals surface area (Å²) in [6.45, 7) is 2.04. The zero-order valence-electron chi connectivity index (χ0n) is 12.1. The molecule has 0 aromatic heterocycles. The summed E-state index contributed by atoms with van der Waals surface area (Å²) >= 11 is 6.29. The van der Waals surface area contributed by atoms with Crippen LogP contribution in [0.15, 0.2) is 12.1 Å². The van der Waals surface area contributed by atoms with Crippen molar-refractivity contribution in [2.45, 2.75) is 31.8 Å². The summed E-state index contributed by atoms with van der Waals surface area (Å²) in [5.74, 6) is 1.29. The summed E-state index contributed by atoms with van der Waals surface area (Å²) in [4.78, 5) is 0. The van der Waals surface area contributed by atoms with E-state index in [1.165, 1.54) is 12.8 Å². The maximum Gasteiger partial charge on any atom is 0.179 e. The van der Waals surface area contributed by atoms with Crippen LogP contribution >= 0.6 is 11.6 Å². The van der Waals surface area contributed by atoms with Crippen LogP contribution in [0, 0.1) is 0 Å². The molecule has 1 aromatic carbocycles. The van der Waals surface area contributed by atoms with E-state index in [4.69, 9.17) is 25.8 Å². The molecule has 1 saturated carbocycles. The van der Waals surface area contributed by atoms with E-state index < -0.39 is 0 Å². The van der Waals surface area contributed by atoms with Gasteiger partial charge in [0.05, 0.1) is 18.7 Å². The summed E-state index contributed by atoms with van der Waals surface area (Å²) in [6.07, 6.45) is 3.36. The van der Waals surface area contributed by atoms with Gasteiger partial charge in [0.25, 0.3) is 0 Å². The van der Waals surface area contributed by atoms with Crippen molar-refractivity contribution in [3.63, 3.8) is 0 Å². The first-order valence-corrected chi connectivity index (χ1v) is 7.34. The van der Waals surface area contributed by atoms with E-state index in [2.05, 4.69) is 5.32 Å².